The molecule has 26 heavy (non-hydrogen) atoms. The highest BCUT2D eigenvalue weighted by molar-refractivity contribution is 7.14. The molecule has 2 heterocycles. The number of nitrogens with zero attached hydrogens (tertiary/aromatic N) is 2. The molecular formula is C18H15N3O4S. The predicted octanol–water partition coefficient (Wildman–Crippen LogP) is 4.19. The molecule has 1 aromatic carbocycles. The van der Waals surface area contributed by atoms with E-state index < -0.39 is 10.8 Å². The Morgan fingerprint density at radius 3 is 2.65 bits per heavy atom. The third-order valence-corrected chi connectivity index (χ3v) is 4.57. The van der Waals surface area contributed by atoms with Gasteiger partial charge in [0.05, 0.1) is 26.6 Å². The van der Waals surface area contributed by atoms with Crippen LogP contribution in [-0.4, -0.2) is 15.8 Å². The molecule has 0 spiro atoms. The Balaban J connectivity index is 1.61. The molecule has 2 aromatic heterocycles. The SMILES string of the molecule is Cc1sc(C(=O)Nc2ccc(OCc3ccccc3)nc2)cc1[N+](=O)[O-]. The maximum absolute atomic E-state index is 12.2. The lowest BCUT2D eigenvalue weighted by molar-refractivity contribution is -0.385. The van der Waals surface area contributed by atoms with Gasteiger partial charge in [-0.3, -0.25) is 14.9 Å². The van der Waals surface area contributed by atoms with Crippen LogP contribution in [0.3, 0.4) is 0 Å². The average molecular weight is 369 g/mol. The van der Waals surface area contributed by atoms with Crippen LogP contribution in [0.1, 0.15) is 20.1 Å². The summed E-state index contributed by atoms with van der Waals surface area (Å²) in [5.74, 6) is 0.0282. The zero-order valence-corrected chi connectivity index (χ0v) is 14.7. The first-order valence-electron chi connectivity index (χ1n) is 7.72. The number of thiophene rings is 1. The number of hydrogen-bond acceptors (Lipinski definition) is 6. The van der Waals surface area contributed by atoms with Crippen molar-refractivity contribution in [1.82, 2.24) is 4.98 Å². The Morgan fingerprint density at radius 1 is 1.27 bits per heavy atom. The van der Waals surface area contributed by atoms with Crippen LogP contribution in [0.2, 0.25) is 0 Å². The number of benzene rings is 1. The molecule has 0 unspecified atom stereocenters. The molecule has 0 aliphatic heterocycles. The normalized spacial score (nSPS) is 10.3. The van der Waals surface area contributed by atoms with Crippen LogP contribution in [0.25, 0.3) is 0 Å². The van der Waals surface area contributed by atoms with Crippen LogP contribution < -0.4 is 10.1 Å². The highest BCUT2D eigenvalue weighted by atomic mass is 32.1. The zero-order valence-electron chi connectivity index (χ0n) is 13.8. The summed E-state index contributed by atoms with van der Waals surface area (Å²) in [5, 5.41) is 13.5. The smallest absolute Gasteiger partial charge is 0.283 e. The Labute approximate surface area is 153 Å². The van der Waals surface area contributed by atoms with Crippen molar-refractivity contribution < 1.29 is 14.5 Å². The second-order valence-electron chi connectivity index (χ2n) is 5.42. The van der Waals surface area contributed by atoms with Crippen molar-refractivity contribution in [3.05, 3.63) is 80.2 Å². The van der Waals surface area contributed by atoms with Crippen molar-refractivity contribution in [2.75, 3.05) is 5.32 Å². The number of carbonyl (C=O) groups excluding carboxylic acids is 1. The van der Waals surface area contributed by atoms with Crippen molar-refractivity contribution in [3.8, 4) is 5.88 Å². The van der Waals surface area contributed by atoms with Crippen molar-refractivity contribution in [3.63, 3.8) is 0 Å². The summed E-state index contributed by atoms with van der Waals surface area (Å²) in [5.41, 5.74) is 1.46. The molecule has 7 nitrogen and oxygen atoms in total. The maximum atomic E-state index is 12.2. The molecule has 8 heteroatoms. The van der Waals surface area contributed by atoms with Crippen LogP contribution in [0, 0.1) is 17.0 Å². The first-order chi connectivity index (χ1) is 12.5. The van der Waals surface area contributed by atoms with Gasteiger partial charge >= 0.3 is 0 Å². The number of nitro groups is 1. The van der Waals surface area contributed by atoms with Crippen LogP contribution >= 0.6 is 11.3 Å². The van der Waals surface area contributed by atoms with Crippen molar-refractivity contribution in [1.29, 1.82) is 0 Å². The lowest BCUT2D eigenvalue weighted by Crippen LogP contribution is -2.10. The van der Waals surface area contributed by atoms with Gasteiger partial charge in [0, 0.05) is 12.1 Å². The molecule has 0 saturated heterocycles. The lowest BCUT2D eigenvalue weighted by Gasteiger charge is -2.07. The van der Waals surface area contributed by atoms with Gasteiger partial charge in [-0.05, 0) is 18.6 Å². The minimum Gasteiger partial charge on any atom is -0.473 e. The van der Waals surface area contributed by atoms with E-state index in [-0.39, 0.29) is 10.6 Å². The first kappa shape index (κ1) is 17.6. The summed E-state index contributed by atoms with van der Waals surface area (Å²) in [6, 6.07) is 14.3. The van der Waals surface area contributed by atoms with Crippen LogP contribution in [0.4, 0.5) is 11.4 Å². The van der Waals surface area contributed by atoms with Gasteiger partial charge in [-0.25, -0.2) is 4.98 Å². The second-order valence-corrected chi connectivity index (χ2v) is 6.68. The van der Waals surface area contributed by atoms with Crippen molar-refractivity contribution >= 4 is 28.6 Å². The standard InChI is InChI=1S/C18H15N3O4S/c1-12-15(21(23)24)9-16(26-12)18(22)20-14-7-8-17(19-10-14)25-11-13-5-3-2-4-6-13/h2-10H,11H2,1H3,(H,20,22). The summed E-state index contributed by atoms with van der Waals surface area (Å²) >= 11 is 1.08. The number of anilines is 1. The molecule has 0 saturated carbocycles. The number of rotatable bonds is 6. The van der Waals surface area contributed by atoms with E-state index >= 15 is 0 Å². The fourth-order valence-electron chi connectivity index (χ4n) is 2.23. The summed E-state index contributed by atoms with van der Waals surface area (Å²) in [4.78, 5) is 27.5. The molecule has 3 aromatic rings. The van der Waals surface area contributed by atoms with E-state index in [0.717, 1.165) is 16.9 Å². The molecular weight excluding hydrogens is 354 g/mol. The predicted molar refractivity (Wildman–Crippen MR) is 98.7 cm³/mol. The van der Waals surface area contributed by atoms with E-state index in [2.05, 4.69) is 10.3 Å². The molecule has 0 aliphatic rings. The molecule has 132 valence electrons. The largest absolute Gasteiger partial charge is 0.473 e. The number of ether oxygens (including phenoxy) is 1. The molecule has 1 N–H and O–H groups in total. The van der Waals surface area contributed by atoms with Crippen molar-refractivity contribution in [2.45, 2.75) is 13.5 Å². The van der Waals surface area contributed by atoms with E-state index in [0.29, 0.717) is 23.1 Å². The Morgan fingerprint density at radius 2 is 2.04 bits per heavy atom. The Bertz CT molecular complexity index is 923. The van der Waals surface area contributed by atoms with Gasteiger partial charge < -0.3 is 10.1 Å². The van der Waals surface area contributed by atoms with Gasteiger partial charge in [0.1, 0.15) is 6.61 Å². The van der Waals surface area contributed by atoms with Gasteiger partial charge in [-0.2, -0.15) is 0 Å². The summed E-state index contributed by atoms with van der Waals surface area (Å²) in [6.45, 7) is 2.01. The monoisotopic (exact) mass is 369 g/mol. The fraction of sp³-hybridized carbons (Fsp3) is 0.111. The Hall–Kier alpha value is -3.26. The third-order valence-electron chi connectivity index (χ3n) is 3.54. The second kappa shape index (κ2) is 7.75. The number of carbonyl (C=O) groups is 1. The number of nitrogens with one attached hydrogen (secondary N) is 1. The lowest BCUT2D eigenvalue weighted by atomic mass is 10.2. The zero-order chi connectivity index (χ0) is 18.5. The van der Waals surface area contributed by atoms with Crippen LogP contribution in [0.5, 0.6) is 5.88 Å². The van der Waals surface area contributed by atoms with Gasteiger partial charge in [-0.1, -0.05) is 30.3 Å². The number of amides is 1. The quantitative estimate of drug-likeness (QED) is 0.519. The fourth-order valence-corrected chi connectivity index (χ4v) is 3.11. The highest BCUT2D eigenvalue weighted by Gasteiger charge is 2.19. The van der Waals surface area contributed by atoms with E-state index in [1.165, 1.54) is 12.3 Å². The topological polar surface area (TPSA) is 94.4 Å². The van der Waals surface area contributed by atoms with Gasteiger partial charge in [0.2, 0.25) is 5.88 Å². The van der Waals surface area contributed by atoms with Gasteiger partial charge in [0.25, 0.3) is 11.6 Å². The number of hydrogen-bond donors (Lipinski definition) is 1. The first-order valence-corrected chi connectivity index (χ1v) is 8.53. The number of aromatic nitrogens is 1. The minimum atomic E-state index is -0.497. The van der Waals surface area contributed by atoms with Crippen LogP contribution in [0.15, 0.2) is 54.7 Å². The Kier molecular flexibility index (Phi) is 5.23. The summed E-state index contributed by atoms with van der Waals surface area (Å²) in [7, 11) is 0. The third kappa shape index (κ3) is 4.22. The van der Waals surface area contributed by atoms with E-state index in [1.54, 1.807) is 19.1 Å². The van der Waals surface area contributed by atoms with Crippen LogP contribution in [-0.2, 0) is 6.61 Å². The number of aryl methyl sites for hydroxylation is 1. The molecule has 0 fully saturated rings. The molecule has 0 aliphatic carbocycles. The molecule has 0 atom stereocenters. The summed E-state index contributed by atoms with van der Waals surface area (Å²) < 4.78 is 5.59. The van der Waals surface area contributed by atoms with Gasteiger partial charge in [0.15, 0.2) is 0 Å². The molecule has 0 bridgehead atoms. The minimum absolute atomic E-state index is 0.0528. The number of pyridine rings is 1. The molecule has 0 radical (unpaired) electrons. The van der Waals surface area contributed by atoms with E-state index in [9.17, 15) is 14.9 Å². The maximum Gasteiger partial charge on any atom is 0.283 e. The van der Waals surface area contributed by atoms with E-state index in [1.807, 2.05) is 30.3 Å². The van der Waals surface area contributed by atoms with Gasteiger partial charge in [-0.15, -0.1) is 11.3 Å². The molecule has 3 rings (SSSR count). The average Bonchev–Trinajstić information content (AvgIpc) is 3.04. The highest BCUT2D eigenvalue weighted by Crippen LogP contribution is 2.28. The summed E-state index contributed by atoms with van der Waals surface area (Å²) in [6.07, 6.45) is 1.48. The van der Waals surface area contributed by atoms with Crippen molar-refractivity contribution in [2.24, 2.45) is 0 Å². The molecule has 1 amide bonds. The van der Waals surface area contributed by atoms with E-state index in [4.69, 9.17) is 4.74 Å².